The van der Waals surface area contributed by atoms with E-state index in [-0.39, 0.29) is 5.91 Å². The van der Waals surface area contributed by atoms with Gasteiger partial charge in [0.1, 0.15) is 5.01 Å². The topological polar surface area (TPSA) is 77.8 Å². The lowest BCUT2D eigenvalue weighted by Gasteiger charge is -2.15. The number of rotatable bonds is 4. The largest absolute Gasteiger partial charge is 0.354 e. The second kappa shape index (κ2) is 9.18. The molecule has 5 rings (SSSR count). The summed E-state index contributed by atoms with van der Waals surface area (Å²) >= 11 is 3.20. The molecule has 1 amide bonds. The van der Waals surface area contributed by atoms with Crippen LogP contribution in [-0.4, -0.2) is 10.9 Å². The number of amides is 1. The van der Waals surface area contributed by atoms with Crippen molar-refractivity contribution < 1.29 is 4.79 Å². The van der Waals surface area contributed by atoms with Crippen molar-refractivity contribution in [2.45, 2.75) is 23.3 Å². The molecule has 0 fully saturated rings. The van der Waals surface area contributed by atoms with Gasteiger partial charge in [0.25, 0.3) is 5.91 Å². The van der Waals surface area contributed by atoms with Gasteiger partial charge in [0.15, 0.2) is 0 Å². The predicted octanol–water partition coefficient (Wildman–Crippen LogP) is 6.47. The number of nitrogens with zero attached hydrogens (tertiary/aromatic N) is 2. The fourth-order valence-corrected chi connectivity index (χ4v) is 5.77. The van der Waals surface area contributed by atoms with E-state index in [0.717, 1.165) is 47.8 Å². The van der Waals surface area contributed by atoms with Crippen LogP contribution in [0.15, 0.2) is 83.2 Å². The number of nitriles is 1. The van der Waals surface area contributed by atoms with Crippen molar-refractivity contribution >= 4 is 40.4 Å². The molecule has 0 saturated heterocycles. The zero-order chi connectivity index (χ0) is 23.7. The van der Waals surface area contributed by atoms with Crippen LogP contribution in [0, 0.1) is 18.3 Å². The molecule has 0 unspecified atom stereocenters. The SMILES string of the molecule is C=C1Nc2c(ccc(C(=O)NCc3cnc(-c4ccc(C#N)cc4)s3)c2C)Sc2ccccc21. The van der Waals surface area contributed by atoms with Gasteiger partial charge in [-0.15, -0.1) is 11.3 Å². The fraction of sp³-hybridized carbons (Fsp3) is 0.0741. The van der Waals surface area contributed by atoms with Crippen LogP contribution in [0.25, 0.3) is 16.3 Å². The Labute approximate surface area is 206 Å². The van der Waals surface area contributed by atoms with E-state index in [1.807, 2.05) is 49.4 Å². The molecule has 4 aromatic rings. The Bertz CT molecular complexity index is 1460. The van der Waals surface area contributed by atoms with Gasteiger partial charge in [0.05, 0.1) is 23.9 Å². The van der Waals surface area contributed by atoms with Crippen LogP contribution in [0.1, 0.15) is 31.9 Å². The molecular weight excluding hydrogens is 460 g/mol. The molecule has 34 heavy (non-hydrogen) atoms. The molecule has 7 heteroatoms. The number of fused-ring (bicyclic) bond motifs is 2. The Balaban J connectivity index is 1.32. The number of hydrogen-bond acceptors (Lipinski definition) is 6. The summed E-state index contributed by atoms with van der Waals surface area (Å²) in [4.78, 5) is 20.7. The van der Waals surface area contributed by atoms with Crippen molar-refractivity contribution in [2.75, 3.05) is 5.32 Å². The molecular formula is C27H20N4OS2. The van der Waals surface area contributed by atoms with Gasteiger partial charge in [-0.05, 0) is 42.8 Å². The number of anilines is 1. The van der Waals surface area contributed by atoms with Crippen LogP contribution in [0.5, 0.6) is 0 Å². The number of aromatic nitrogens is 1. The van der Waals surface area contributed by atoms with E-state index in [4.69, 9.17) is 5.26 Å². The van der Waals surface area contributed by atoms with E-state index in [9.17, 15) is 4.79 Å². The molecule has 1 aromatic heterocycles. The smallest absolute Gasteiger partial charge is 0.251 e. The first-order chi connectivity index (χ1) is 16.5. The Morgan fingerprint density at radius 2 is 1.91 bits per heavy atom. The Kier molecular flexibility index (Phi) is 5.93. The van der Waals surface area contributed by atoms with Crippen molar-refractivity contribution in [3.8, 4) is 16.6 Å². The molecule has 2 N–H and O–H groups in total. The monoisotopic (exact) mass is 480 g/mol. The van der Waals surface area contributed by atoms with Gasteiger partial charge in [-0.3, -0.25) is 4.79 Å². The van der Waals surface area contributed by atoms with Crippen LogP contribution in [-0.2, 0) is 6.54 Å². The highest BCUT2D eigenvalue weighted by molar-refractivity contribution is 7.99. The molecule has 0 saturated carbocycles. The van der Waals surface area contributed by atoms with Crippen molar-refractivity contribution in [2.24, 2.45) is 0 Å². The van der Waals surface area contributed by atoms with Gasteiger partial charge in [0.2, 0.25) is 0 Å². The number of carbonyl (C=O) groups excluding carboxylic acids is 1. The third kappa shape index (κ3) is 4.21. The summed E-state index contributed by atoms with van der Waals surface area (Å²) in [6, 6.07) is 21.5. The van der Waals surface area contributed by atoms with E-state index < -0.39 is 0 Å². The van der Waals surface area contributed by atoms with Crippen molar-refractivity contribution in [3.63, 3.8) is 0 Å². The molecule has 0 atom stereocenters. The molecule has 0 aliphatic carbocycles. The number of thiazole rings is 1. The number of hydrogen-bond donors (Lipinski definition) is 2. The van der Waals surface area contributed by atoms with Crippen LogP contribution >= 0.6 is 23.1 Å². The summed E-state index contributed by atoms with van der Waals surface area (Å²) < 4.78 is 0. The van der Waals surface area contributed by atoms with Crippen molar-refractivity contribution in [3.05, 3.63) is 101 Å². The highest BCUT2D eigenvalue weighted by Gasteiger charge is 2.21. The van der Waals surface area contributed by atoms with Crippen molar-refractivity contribution in [1.29, 1.82) is 5.26 Å². The van der Waals surface area contributed by atoms with Gasteiger partial charge in [0, 0.05) is 43.3 Å². The summed E-state index contributed by atoms with van der Waals surface area (Å²) in [7, 11) is 0. The molecule has 166 valence electrons. The molecule has 3 aromatic carbocycles. The quantitative estimate of drug-likeness (QED) is 0.350. The highest BCUT2D eigenvalue weighted by Crippen LogP contribution is 2.43. The third-order valence-corrected chi connectivity index (χ3v) is 7.80. The van der Waals surface area contributed by atoms with Crippen LogP contribution in [0.4, 0.5) is 5.69 Å². The van der Waals surface area contributed by atoms with E-state index >= 15 is 0 Å². The van der Waals surface area contributed by atoms with Gasteiger partial charge in [-0.25, -0.2) is 4.98 Å². The van der Waals surface area contributed by atoms with Crippen LogP contribution < -0.4 is 10.6 Å². The highest BCUT2D eigenvalue weighted by atomic mass is 32.2. The second-order valence-electron chi connectivity index (χ2n) is 7.82. The molecule has 2 heterocycles. The minimum Gasteiger partial charge on any atom is -0.354 e. The minimum absolute atomic E-state index is 0.132. The summed E-state index contributed by atoms with van der Waals surface area (Å²) in [6.45, 7) is 6.55. The third-order valence-electron chi connectivity index (χ3n) is 5.62. The Hall–Kier alpha value is -3.86. The van der Waals surface area contributed by atoms with Gasteiger partial charge >= 0.3 is 0 Å². The lowest BCUT2D eigenvalue weighted by Crippen LogP contribution is -2.23. The molecule has 1 aliphatic rings. The van der Waals surface area contributed by atoms with Gasteiger partial charge in [-0.1, -0.05) is 48.7 Å². The number of carbonyl (C=O) groups is 1. The van der Waals surface area contributed by atoms with E-state index in [1.165, 1.54) is 11.3 Å². The second-order valence-corrected chi connectivity index (χ2v) is 10.0. The lowest BCUT2D eigenvalue weighted by atomic mass is 10.0. The summed E-state index contributed by atoms with van der Waals surface area (Å²) in [5, 5.41) is 16.3. The van der Waals surface area contributed by atoms with E-state index in [1.54, 1.807) is 30.1 Å². The maximum atomic E-state index is 13.0. The van der Waals surface area contributed by atoms with Crippen LogP contribution in [0.3, 0.4) is 0 Å². The summed E-state index contributed by atoms with van der Waals surface area (Å²) in [5.41, 5.74) is 5.89. The fourth-order valence-electron chi connectivity index (χ4n) is 3.79. The lowest BCUT2D eigenvalue weighted by molar-refractivity contribution is 0.0950. The number of benzene rings is 3. The molecule has 1 aliphatic heterocycles. The van der Waals surface area contributed by atoms with E-state index in [0.29, 0.717) is 17.7 Å². The van der Waals surface area contributed by atoms with Gasteiger partial charge in [-0.2, -0.15) is 5.26 Å². The minimum atomic E-state index is -0.132. The Morgan fingerprint density at radius 1 is 1.12 bits per heavy atom. The first kappa shape index (κ1) is 22.0. The van der Waals surface area contributed by atoms with E-state index in [2.05, 4.69) is 34.3 Å². The average molecular weight is 481 g/mol. The first-order valence-corrected chi connectivity index (χ1v) is 12.3. The summed E-state index contributed by atoms with van der Waals surface area (Å²) in [5.74, 6) is -0.132. The number of nitrogens with one attached hydrogen (secondary N) is 2. The predicted molar refractivity (Wildman–Crippen MR) is 138 cm³/mol. The van der Waals surface area contributed by atoms with Gasteiger partial charge < -0.3 is 10.6 Å². The molecule has 5 nitrogen and oxygen atoms in total. The molecule has 0 spiro atoms. The van der Waals surface area contributed by atoms with Crippen LogP contribution in [0.2, 0.25) is 0 Å². The first-order valence-electron chi connectivity index (χ1n) is 10.6. The molecule has 0 radical (unpaired) electrons. The molecule has 0 bridgehead atoms. The normalized spacial score (nSPS) is 12.1. The zero-order valence-corrected chi connectivity index (χ0v) is 20.0. The van der Waals surface area contributed by atoms with Crippen molar-refractivity contribution in [1.82, 2.24) is 10.3 Å². The standard InChI is InChI=1S/C27H20N4OS2/c1-16-21(11-12-24-25(16)31-17(2)22-5-3-4-6-23(22)34-24)26(32)29-14-20-15-30-27(33-20)19-9-7-18(13-28)8-10-19/h3-12,15,31H,2,14H2,1H3,(H,29,32). The maximum absolute atomic E-state index is 13.0. The Morgan fingerprint density at radius 3 is 2.71 bits per heavy atom. The summed E-state index contributed by atoms with van der Waals surface area (Å²) in [6.07, 6.45) is 1.78. The maximum Gasteiger partial charge on any atom is 0.251 e. The zero-order valence-electron chi connectivity index (χ0n) is 18.4. The average Bonchev–Trinajstić information content (AvgIpc) is 3.28.